The van der Waals surface area contributed by atoms with E-state index in [1.165, 1.54) is 6.07 Å². The average Bonchev–Trinajstić information content (AvgIpc) is 2.69. The predicted molar refractivity (Wildman–Crippen MR) is 85.3 cm³/mol. The maximum Gasteiger partial charge on any atom is 0.147 e. The van der Waals surface area contributed by atoms with Crippen LogP contribution >= 0.6 is 12.2 Å². The molecule has 2 N–H and O–H groups in total. The molecule has 0 unspecified atom stereocenters. The van der Waals surface area contributed by atoms with E-state index in [1.807, 2.05) is 29.2 Å². The summed E-state index contributed by atoms with van der Waals surface area (Å²) in [5.74, 6) is 0.542. The van der Waals surface area contributed by atoms with Crippen LogP contribution in [-0.4, -0.2) is 18.1 Å². The van der Waals surface area contributed by atoms with E-state index >= 15 is 0 Å². The molecular formula is C16H15FN2OS. The zero-order chi connectivity index (χ0) is 14.8. The maximum atomic E-state index is 14.3. The van der Waals surface area contributed by atoms with Crippen LogP contribution in [0.1, 0.15) is 11.1 Å². The molecule has 0 bridgehead atoms. The number of benzene rings is 2. The number of para-hydroxylation sites is 1. The minimum Gasteiger partial charge on any atom is -0.491 e. The fourth-order valence-electron chi connectivity index (χ4n) is 2.45. The van der Waals surface area contributed by atoms with Crippen LogP contribution in [0.15, 0.2) is 42.5 Å². The molecule has 3 rings (SSSR count). The van der Waals surface area contributed by atoms with Gasteiger partial charge in [-0.3, -0.25) is 0 Å². The van der Waals surface area contributed by atoms with Crippen molar-refractivity contribution in [3.63, 3.8) is 0 Å². The standard InChI is InChI=1S/C16H15FN2OS/c17-13-9-11(16(18)21)5-6-14(13)19-7-8-20-15-4-2-1-3-12(15)10-19/h1-6,9H,7-8,10H2,(H2,18,21). The number of rotatable bonds is 2. The lowest BCUT2D eigenvalue weighted by Gasteiger charge is -2.23. The molecule has 0 saturated heterocycles. The molecule has 3 nitrogen and oxygen atoms in total. The highest BCUT2D eigenvalue weighted by Gasteiger charge is 2.18. The monoisotopic (exact) mass is 302 g/mol. The Bertz CT molecular complexity index is 690. The van der Waals surface area contributed by atoms with Crippen molar-refractivity contribution in [2.75, 3.05) is 18.1 Å². The highest BCUT2D eigenvalue weighted by molar-refractivity contribution is 7.80. The molecule has 1 aliphatic rings. The lowest BCUT2D eigenvalue weighted by molar-refractivity contribution is 0.331. The topological polar surface area (TPSA) is 38.5 Å². The highest BCUT2D eigenvalue weighted by Crippen LogP contribution is 2.28. The second-order valence-electron chi connectivity index (χ2n) is 4.91. The summed E-state index contributed by atoms with van der Waals surface area (Å²) in [6.07, 6.45) is 0. The van der Waals surface area contributed by atoms with E-state index in [0.717, 1.165) is 11.3 Å². The number of hydrogen-bond acceptors (Lipinski definition) is 3. The summed E-state index contributed by atoms with van der Waals surface area (Å²) in [6, 6.07) is 12.7. The van der Waals surface area contributed by atoms with Gasteiger partial charge in [0.25, 0.3) is 0 Å². The number of hydrogen-bond donors (Lipinski definition) is 1. The van der Waals surface area contributed by atoms with Crippen LogP contribution in [0.4, 0.5) is 10.1 Å². The zero-order valence-corrected chi connectivity index (χ0v) is 12.2. The number of anilines is 1. The Morgan fingerprint density at radius 2 is 2.05 bits per heavy atom. The molecule has 5 heteroatoms. The van der Waals surface area contributed by atoms with Gasteiger partial charge in [-0.15, -0.1) is 0 Å². The van der Waals surface area contributed by atoms with Gasteiger partial charge in [-0.25, -0.2) is 4.39 Å². The van der Waals surface area contributed by atoms with Crippen molar-refractivity contribution in [2.45, 2.75) is 6.54 Å². The first-order chi connectivity index (χ1) is 10.1. The van der Waals surface area contributed by atoms with Crippen molar-refractivity contribution in [3.8, 4) is 5.75 Å². The van der Waals surface area contributed by atoms with Gasteiger partial charge in [0.1, 0.15) is 23.2 Å². The summed E-state index contributed by atoms with van der Waals surface area (Å²) in [4.78, 5) is 2.16. The summed E-state index contributed by atoms with van der Waals surface area (Å²) in [5.41, 5.74) is 7.66. The molecule has 108 valence electrons. The molecule has 0 radical (unpaired) electrons. The first-order valence-electron chi connectivity index (χ1n) is 6.70. The fraction of sp³-hybridized carbons (Fsp3) is 0.188. The third-order valence-electron chi connectivity index (χ3n) is 3.53. The fourth-order valence-corrected chi connectivity index (χ4v) is 2.57. The van der Waals surface area contributed by atoms with Gasteiger partial charge in [0.15, 0.2) is 0 Å². The maximum absolute atomic E-state index is 14.3. The first kappa shape index (κ1) is 13.8. The lowest BCUT2D eigenvalue weighted by Crippen LogP contribution is -2.26. The van der Waals surface area contributed by atoms with Gasteiger partial charge in [-0.2, -0.15) is 0 Å². The van der Waals surface area contributed by atoms with Crippen molar-refractivity contribution in [3.05, 3.63) is 59.4 Å². The van der Waals surface area contributed by atoms with Gasteiger partial charge in [-0.1, -0.05) is 30.4 Å². The van der Waals surface area contributed by atoms with Gasteiger partial charge in [0, 0.05) is 17.7 Å². The number of nitrogens with zero attached hydrogens (tertiary/aromatic N) is 1. The lowest BCUT2D eigenvalue weighted by atomic mass is 10.1. The Balaban J connectivity index is 1.92. The molecule has 0 amide bonds. The zero-order valence-electron chi connectivity index (χ0n) is 11.4. The number of ether oxygens (including phenoxy) is 1. The SMILES string of the molecule is NC(=S)c1ccc(N2CCOc3ccccc3C2)c(F)c1. The van der Waals surface area contributed by atoms with Crippen molar-refractivity contribution in [2.24, 2.45) is 5.73 Å². The van der Waals surface area contributed by atoms with Crippen LogP contribution in [0.5, 0.6) is 5.75 Å². The van der Waals surface area contributed by atoms with E-state index in [9.17, 15) is 4.39 Å². The highest BCUT2D eigenvalue weighted by atomic mass is 32.1. The van der Waals surface area contributed by atoms with Crippen LogP contribution in [0.2, 0.25) is 0 Å². The van der Waals surface area contributed by atoms with Gasteiger partial charge in [0.2, 0.25) is 0 Å². The third kappa shape index (κ3) is 2.83. The quantitative estimate of drug-likeness (QED) is 0.866. The van der Waals surface area contributed by atoms with E-state index in [1.54, 1.807) is 12.1 Å². The van der Waals surface area contributed by atoms with Gasteiger partial charge in [-0.05, 0) is 24.3 Å². The van der Waals surface area contributed by atoms with Gasteiger partial charge < -0.3 is 15.4 Å². The van der Waals surface area contributed by atoms with E-state index in [2.05, 4.69) is 0 Å². The Labute approximate surface area is 128 Å². The third-order valence-corrected chi connectivity index (χ3v) is 3.76. The number of thiocarbonyl (C=S) groups is 1. The molecular weight excluding hydrogens is 287 g/mol. The van der Waals surface area contributed by atoms with E-state index in [-0.39, 0.29) is 10.8 Å². The van der Waals surface area contributed by atoms with Crippen molar-refractivity contribution >= 4 is 22.9 Å². The molecule has 0 fully saturated rings. The summed E-state index contributed by atoms with van der Waals surface area (Å²) in [5, 5.41) is 0. The van der Waals surface area contributed by atoms with Crippen LogP contribution in [0, 0.1) is 5.82 Å². The Hall–Kier alpha value is -2.14. The van der Waals surface area contributed by atoms with Gasteiger partial charge >= 0.3 is 0 Å². The van der Waals surface area contributed by atoms with Crippen LogP contribution in [-0.2, 0) is 6.54 Å². The molecule has 1 heterocycles. The summed E-state index contributed by atoms with van der Waals surface area (Å²) >= 11 is 4.87. The minimum absolute atomic E-state index is 0.199. The molecule has 2 aromatic rings. The van der Waals surface area contributed by atoms with Gasteiger partial charge in [0.05, 0.1) is 12.2 Å². The Morgan fingerprint density at radius 3 is 2.81 bits per heavy atom. The average molecular weight is 302 g/mol. The van der Waals surface area contributed by atoms with Crippen LogP contribution < -0.4 is 15.4 Å². The largest absolute Gasteiger partial charge is 0.491 e. The summed E-state index contributed by atoms with van der Waals surface area (Å²) in [7, 11) is 0. The van der Waals surface area contributed by atoms with Crippen molar-refractivity contribution in [1.29, 1.82) is 0 Å². The van der Waals surface area contributed by atoms with Crippen LogP contribution in [0.3, 0.4) is 0 Å². The van der Waals surface area contributed by atoms with E-state index < -0.39 is 0 Å². The Morgan fingerprint density at radius 1 is 1.24 bits per heavy atom. The minimum atomic E-state index is -0.320. The number of nitrogens with two attached hydrogens (primary N) is 1. The van der Waals surface area contributed by atoms with Crippen LogP contribution in [0.25, 0.3) is 0 Å². The second kappa shape index (κ2) is 5.69. The van der Waals surface area contributed by atoms with Crippen molar-refractivity contribution in [1.82, 2.24) is 0 Å². The number of halogens is 1. The molecule has 0 saturated carbocycles. The smallest absolute Gasteiger partial charge is 0.147 e. The number of fused-ring (bicyclic) bond motifs is 1. The molecule has 21 heavy (non-hydrogen) atoms. The van der Waals surface area contributed by atoms with E-state index in [0.29, 0.717) is 30.9 Å². The predicted octanol–water partition coefficient (Wildman–Crippen LogP) is 2.86. The Kier molecular flexibility index (Phi) is 3.75. The normalized spacial score (nSPS) is 14.0. The second-order valence-corrected chi connectivity index (χ2v) is 5.35. The molecule has 0 aromatic heterocycles. The molecule has 2 aromatic carbocycles. The van der Waals surface area contributed by atoms with E-state index in [4.69, 9.17) is 22.7 Å². The summed E-state index contributed by atoms with van der Waals surface area (Å²) in [6.45, 7) is 1.75. The molecule has 0 atom stereocenters. The molecule has 0 aliphatic carbocycles. The summed E-state index contributed by atoms with van der Waals surface area (Å²) < 4.78 is 20.0. The molecule has 1 aliphatic heterocycles. The first-order valence-corrected chi connectivity index (χ1v) is 7.11. The molecule has 0 spiro atoms. The van der Waals surface area contributed by atoms with Crippen molar-refractivity contribution < 1.29 is 9.13 Å².